The maximum absolute atomic E-state index is 13.1. The fraction of sp³-hybridized carbons (Fsp3) is 0.364. The molecule has 29 heavy (non-hydrogen) atoms. The van der Waals surface area contributed by atoms with Gasteiger partial charge in [0.1, 0.15) is 5.82 Å². The summed E-state index contributed by atoms with van der Waals surface area (Å²) in [5.41, 5.74) is 1.60. The number of nitrogens with one attached hydrogen (secondary N) is 1. The van der Waals surface area contributed by atoms with Crippen LogP contribution in [0.4, 0.5) is 0 Å². The number of hydrogen-bond acceptors (Lipinski definition) is 6. The van der Waals surface area contributed by atoms with Crippen molar-refractivity contribution in [3.05, 3.63) is 70.5 Å². The van der Waals surface area contributed by atoms with Gasteiger partial charge in [-0.15, -0.1) is 0 Å². The van der Waals surface area contributed by atoms with Gasteiger partial charge in [-0.05, 0) is 37.6 Å². The van der Waals surface area contributed by atoms with Crippen LogP contribution in [0.25, 0.3) is 10.9 Å². The van der Waals surface area contributed by atoms with Crippen molar-refractivity contribution in [2.75, 3.05) is 13.7 Å². The van der Waals surface area contributed by atoms with Crippen LogP contribution in [0.3, 0.4) is 0 Å². The van der Waals surface area contributed by atoms with Crippen LogP contribution in [0.15, 0.2) is 53.5 Å². The summed E-state index contributed by atoms with van der Waals surface area (Å²) in [5.74, 6) is 0.384. The van der Waals surface area contributed by atoms with Crippen molar-refractivity contribution in [1.82, 2.24) is 19.9 Å². The zero-order valence-corrected chi connectivity index (χ0v) is 16.8. The molecule has 0 fully saturated rings. The molecule has 7 nitrogen and oxygen atoms in total. The Labute approximate surface area is 169 Å². The summed E-state index contributed by atoms with van der Waals surface area (Å²) in [4.78, 5) is 33.6. The molecule has 0 aliphatic heterocycles. The topological polar surface area (TPSA) is 86.1 Å². The molecule has 3 rings (SSSR count). The Bertz CT molecular complexity index is 1020. The minimum Gasteiger partial charge on any atom is -0.469 e. The number of esters is 1. The molecule has 2 heterocycles. The fourth-order valence-corrected chi connectivity index (χ4v) is 3.27. The van der Waals surface area contributed by atoms with Crippen LogP contribution in [0, 0.1) is 0 Å². The minimum absolute atomic E-state index is 0.0890. The summed E-state index contributed by atoms with van der Waals surface area (Å²) in [5, 5.41) is 4.01. The van der Waals surface area contributed by atoms with Crippen molar-refractivity contribution < 1.29 is 9.53 Å². The molecule has 0 saturated carbocycles. The Morgan fingerprint density at radius 2 is 2.00 bits per heavy atom. The largest absolute Gasteiger partial charge is 0.469 e. The molecule has 0 bridgehead atoms. The Morgan fingerprint density at radius 3 is 2.76 bits per heavy atom. The lowest BCUT2D eigenvalue weighted by Gasteiger charge is -2.19. The van der Waals surface area contributed by atoms with E-state index in [-0.39, 0.29) is 24.0 Å². The number of carbonyl (C=O) groups excluding carboxylic acids is 1. The van der Waals surface area contributed by atoms with Gasteiger partial charge in [0.25, 0.3) is 5.56 Å². The van der Waals surface area contributed by atoms with Crippen molar-refractivity contribution in [3.63, 3.8) is 0 Å². The van der Waals surface area contributed by atoms with E-state index < -0.39 is 0 Å². The molecule has 0 unspecified atom stereocenters. The molecule has 7 heteroatoms. The number of rotatable bonds is 9. The third kappa shape index (κ3) is 5.26. The molecule has 0 aliphatic rings. The maximum Gasteiger partial charge on any atom is 0.305 e. The quantitative estimate of drug-likeness (QED) is 0.562. The van der Waals surface area contributed by atoms with Crippen LogP contribution in [0.1, 0.15) is 37.3 Å². The summed E-state index contributed by atoms with van der Waals surface area (Å²) in [6.45, 7) is 3.11. The number of para-hydroxylation sites is 1. The number of ether oxygens (including phenoxy) is 1. The number of hydrogen-bond donors (Lipinski definition) is 1. The zero-order chi connectivity index (χ0) is 20.6. The number of carbonyl (C=O) groups is 1. The van der Waals surface area contributed by atoms with E-state index in [0.29, 0.717) is 36.2 Å². The van der Waals surface area contributed by atoms with Crippen molar-refractivity contribution >= 4 is 16.9 Å². The first-order valence-electron chi connectivity index (χ1n) is 9.79. The first kappa shape index (κ1) is 20.7. The predicted octanol–water partition coefficient (Wildman–Crippen LogP) is 2.64. The molecule has 152 valence electrons. The van der Waals surface area contributed by atoms with Gasteiger partial charge in [-0.25, -0.2) is 4.98 Å². The number of fused-ring (bicyclic) bond motifs is 1. The molecule has 3 aromatic rings. The van der Waals surface area contributed by atoms with E-state index in [0.717, 1.165) is 12.1 Å². The lowest BCUT2D eigenvalue weighted by Crippen LogP contribution is -2.32. The van der Waals surface area contributed by atoms with E-state index >= 15 is 0 Å². The fourth-order valence-electron chi connectivity index (χ4n) is 3.27. The van der Waals surface area contributed by atoms with Gasteiger partial charge in [-0.2, -0.15) is 0 Å². The van der Waals surface area contributed by atoms with Gasteiger partial charge in [-0.1, -0.05) is 18.2 Å². The third-order valence-electron chi connectivity index (χ3n) is 4.83. The van der Waals surface area contributed by atoms with Gasteiger partial charge < -0.3 is 10.1 Å². The van der Waals surface area contributed by atoms with E-state index in [1.54, 1.807) is 16.8 Å². The van der Waals surface area contributed by atoms with Crippen LogP contribution in [0.2, 0.25) is 0 Å². The minimum atomic E-state index is -0.283. The van der Waals surface area contributed by atoms with Crippen LogP contribution in [-0.4, -0.2) is 34.2 Å². The normalized spacial score (nSPS) is 12.1. The summed E-state index contributed by atoms with van der Waals surface area (Å²) < 4.78 is 6.37. The summed E-state index contributed by atoms with van der Waals surface area (Å²) in [7, 11) is 1.37. The Morgan fingerprint density at radius 1 is 1.21 bits per heavy atom. The molecule has 0 spiro atoms. The van der Waals surface area contributed by atoms with E-state index in [4.69, 9.17) is 9.72 Å². The Kier molecular flexibility index (Phi) is 7.08. The van der Waals surface area contributed by atoms with Crippen LogP contribution in [0.5, 0.6) is 0 Å². The molecular formula is C22H26N4O3. The molecule has 0 radical (unpaired) electrons. The maximum atomic E-state index is 13.1. The summed E-state index contributed by atoms with van der Waals surface area (Å²) in [6, 6.07) is 13.1. The highest BCUT2D eigenvalue weighted by molar-refractivity contribution is 5.77. The number of benzene rings is 1. The van der Waals surface area contributed by atoms with Gasteiger partial charge in [-0.3, -0.25) is 19.1 Å². The monoisotopic (exact) mass is 394 g/mol. The van der Waals surface area contributed by atoms with Crippen molar-refractivity contribution in [2.45, 2.75) is 38.8 Å². The summed E-state index contributed by atoms with van der Waals surface area (Å²) in [6.07, 6.45) is 3.34. The zero-order valence-electron chi connectivity index (χ0n) is 16.8. The molecule has 1 atom stereocenters. The highest BCUT2D eigenvalue weighted by Crippen LogP contribution is 2.15. The molecule has 1 aromatic carbocycles. The molecule has 2 aromatic heterocycles. The second kappa shape index (κ2) is 9.93. The van der Waals surface area contributed by atoms with Crippen molar-refractivity contribution in [1.29, 1.82) is 0 Å². The first-order valence-corrected chi connectivity index (χ1v) is 9.79. The van der Waals surface area contributed by atoms with Gasteiger partial charge in [0, 0.05) is 37.8 Å². The van der Waals surface area contributed by atoms with Crippen LogP contribution < -0.4 is 10.9 Å². The van der Waals surface area contributed by atoms with Gasteiger partial charge in [0.2, 0.25) is 0 Å². The molecule has 0 saturated heterocycles. The average Bonchev–Trinajstić information content (AvgIpc) is 2.75. The van der Waals surface area contributed by atoms with E-state index in [1.807, 2.05) is 43.3 Å². The number of nitrogens with zero attached hydrogens (tertiary/aromatic N) is 3. The van der Waals surface area contributed by atoms with Gasteiger partial charge >= 0.3 is 5.97 Å². The van der Waals surface area contributed by atoms with Crippen LogP contribution >= 0.6 is 0 Å². The Hall–Kier alpha value is -3.06. The number of pyridine rings is 1. The van der Waals surface area contributed by atoms with E-state index in [2.05, 4.69) is 10.3 Å². The highest BCUT2D eigenvalue weighted by Gasteiger charge is 2.16. The summed E-state index contributed by atoms with van der Waals surface area (Å²) >= 11 is 0. The molecule has 0 amide bonds. The highest BCUT2D eigenvalue weighted by atomic mass is 16.5. The molecular weight excluding hydrogens is 368 g/mol. The SMILES string of the molecule is COC(=O)CCCn1c([C@@H](C)NCCc2ccccn2)nc2ccccc2c1=O. The van der Waals surface area contributed by atoms with E-state index in [9.17, 15) is 9.59 Å². The predicted molar refractivity (Wildman–Crippen MR) is 112 cm³/mol. The van der Waals surface area contributed by atoms with Gasteiger partial charge in [0.05, 0.1) is 24.1 Å². The van der Waals surface area contributed by atoms with Crippen LogP contribution in [-0.2, 0) is 22.5 Å². The van der Waals surface area contributed by atoms with Crippen molar-refractivity contribution in [2.24, 2.45) is 0 Å². The molecule has 1 N–H and O–H groups in total. The van der Waals surface area contributed by atoms with E-state index in [1.165, 1.54) is 7.11 Å². The third-order valence-corrected chi connectivity index (χ3v) is 4.83. The lowest BCUT2D eigenvalue weighted by molar-refractivity contribution is -0.140. The second-order valence-corrected chi connectivity index (χ2v) is 6.87. The number of aromatic nitrogens is 3. The standard InChI is InChI=1S/C22H26N4O3/c1-16(23-14-12-17-8-5-6-13-24-17)21-25-19-10-4-3-9-18(19)22(28)26(21)15-7-11-20(27)29-2/h3-6,8-10,13,16,23H,7,11-12,14-15H2,1-2H3/t16-/m1/s1. The smallest absolute Gasteiger partial charge is 0.305 e. The average molecular weight is 394 g/mol. The first-order chi connectivity index (χ1) is 14.1. The molecule has 0 aliphatic carbocycles. The van der Waals surface area contributed by atoms with Gasteiger partial charge in [0.15, 0.2) is 0 Å². The lowest BCUT2D eigenvalue weighted by atomic mass is 10.2. The number of methoxy groups -OCH3 is 1. The Balaban J connectivity index is 1.80. The second-order valence-electron chi connectivity index (χ2n) is 6.87. The van der Waals surface area contributed by atoms with Crippen molar-refractivity contribution in [3.8, 4) is 0 Å².